The number of hydrogen-bond donors (Lipinski definition) is 0. The predicted molar refractivity (Wildman–Crippen MR) is 78.2 cm³/mol. The maximum atomic E-state index is 12.2. The number of carbonyl (C=O) groups excluding carboxylic acids is 2. The summed E-state index contributed by atoms with van der Waals surface area (Å²) in [6, 6.07) is 5.33. The molecular weight excluding hydrogens is 304 g/mol. The highest BCUT2D eigenvalue weighted by Crippen LogP contribution is 2.27. The number of ketones is 1. The van der Waals surface area contributed by atoms with Crippen molar-refractivity contribution in [1.29, 1.82) is 0 Å². The molecular formula is C15H16N2O6. The number of nitrogens with zero attached hydrogens (tertiary/aromatic N) is 2. The van der Waals surface area contributed by atoms with Crippen molar-refractivity contribution in [2.24, 2.45) is 5.92 Å². The highest BCUT2D eigenvalue weighted by molar-refractivity contribution is 5.80. The Bertz CT molecular complexity index is 629. The first kappa shape index (κ1) is 15.4. The van der Waals surface area contributed by atoms with Gasteiger partial charge in [0, 0.05) is 37.6 Å². The van der Waals surface area contributed by atoms with Crippen molar-refractivity contribution >= 4 is 17.6 Å². The van der Waals surface area contributed by atoms with Crippen molar-refractivity contribution < 1.29 is 24.0 Å². The van der Waals surface area contributed by atoms with Gasteiger partial charge in [0.1, 0.15) is 12.4 Å². The molecule has 1 aromatic carbocycles. The van der Waals surface area contributed by atoms with Gasteiger partial charge >= 0.3 is 6.09 Å². The molecule has 122 valence electrons. The second kappa shape index (κ2) is 6.33. The van der Waals surface area contributed by atoms with Crippen molar-refractivity contribution in [2.45, 2.75) is 18.9 Å². The fourth-order valence-electron chi connectivity index (χ4n) is 2.94. The quantitative estimate of drug-likeness (QED) is 0.608. The molecule has 0 N–H and O–H groups in total. The van der Waals surface area contributed by atoms with E-state index in [1.54, 1.807) is 4.90 Å². The van der Waals surface area contributed by atoms with Crippen LogP contribution in [0.2, 0.25) is 0 Å². The number of nitro benzene ring substituents is 1. The van der Waals surface area contributed by atoms with Gasteiger partial charge in [0.05, 0.1) is 11.0 Å². The van der Waals surface area contributed by atoms with Crippen LogP contribution in [0.25, 0.3) is 0 Å². The van der Waals surface area contributed by atoms with Gasteiger partial charge < -0.3 is 14.4 Å². The molecule has 1 amide bonds. The number of Topliss-reactive ketones (excluding diaryl/α,β-unsaturated/α-hetero) is 1. The minimum atomic E-state index is -0.518. The fraction of sp³-hybridized carbons (Fsp3) is 0.467. The van der Waals surface area contributed by atoms with Gasteiger partial charge in [0.25, 0.3) is 5.69 Å². The molecule has 2 aliphatic heterocycles. The van der Waals surface area contributed by atoms with E-state index in [-0.39, 0.29) is 35.8 Å². The topological polar surface area (TPSA) is 99.0 Å². The Balaban J connectivity index is 1.60. The molecule has 0 spiro atoms. The van der Waals surface area contributed by atoms with E-state index in [1.807, 2.05) is 0 Å². The van der Waals surface area contributed by atoms with Crippen molar-refractivity contribution in [3.8, 4) is 5.75 Å². The molecule has 23 heavy (non-hydrogen) atoms. The van der Waals surface area contributed by atoms with Crippen LogP contribution >= 0.6 is 0 Å². The SMILES string of the molecule is O=C1CO[C@@H]2CCN(C(=O)Oc3ccc([N+](=O)[O-])cc3)C[C@@H]2C1. The lowest BCUT2D eigenvalue weighted by atomic mass is 9.88. The summed E-state index contributed by atoms with van der Waals surface area (Å²) >= 11 is 0. The third-order valence-electron chi connectivity index (χ3n) is 4.12. The zero-order chi connectivity index (χ0) is 16.4. The molecule has 2 aliphatic rings. The third-order valence-corrected chi connectivity index (χ3v) is 4.12. The Morgan fingerprint density at radius 1 is 1.35 bits per heavy atom. The lowest BCUT2D eigenvalue weighted by Gasteiger charge is -2.39. The highest BCUT2D eigenvalue weighted by atomic mass is 16.6. The van der Waals surface area contributed by atoms with Crippen LogP contribution in [0.15, 0.2) is 24.3 Å². The molecule has 8 nitrogen and oxygen atoms in total. The Morgan fingerprint density at radius 3 is 2.78 bits per heavy atom. The van der Waals surface area contributed by atoms with Crippen molar-refractivity contribution in [2.75, 3.05) is 19.7 Å². The number of ether oxygens (including phenoxy) is 2. The van der Waals surface area contributed by atoms with E-state index >= 15 is 0 Å². The average molecular weight is 320 g/mol. The standard InChI is InChI=1S/C15H16N2O6/c18-12-7-10-8-16(6-5-14(10)22-9-12)15(19)23-13-3-1-11(2-4-13)17(20)21/h1-4,10,14H,5-9H2/t10-,14+/m0/s1. The summed E-state index contributed by atoms with van der Waals surface area (Å²) < 4.78 is 10.7. The minimum Gasteiger partial charge on any atom is -0.410 e. The second-order valence-corrected chi connectivity index (χ2v) is 5.71. The van der Waals surface area contributed by atoms with Crippen LogP contribution in [-0.2, 0) is 9.53 Å². The van der Waals surface area contributed by atoms with Crippen molar-refractivity contribution in [3.63, 3.8) is 0 Å². The van der Waals surface area contributed by atoms with Gasteiger partial charge in [-0.3, -0.25) is 14.9 Å². The van der Waals surface area contributed by atoms with E-state index in [0.29, 0.717) is 25.9 Å². The maximum Gasteiger partial charge on any atom is 0.415 e. The molecule has 3 rings (SSSR count). The first-order valence-corrected chi connectivity index (χ1v) is 7.37. The number of likely N-dealkylation sites (tertiary alicyclic amines) is 1. The smallest absolute Gasteiger partial charge is 0.410 e. The summed E-state index contributed by atoms with van der Waals surface area (Å²) in [5.41, 5.74) is -0.0662. The van der Waals surface area contributed by atoms with E-state index in [2.05, 4.69) is 0 Å². The third kappa shape index (κ3) is 3.48. The van der Waals surface area contributed by atoms with Crippen LogP contribution in [0.1, 0.15) is 12.8 Å². The van der Waals surface area contributed by atoms with Crippen LogP contribution in [0, 0.1) is 16.0 Å². The number of fused-ring (bicyclic) bond motifs is 1. The minimum absolute atomic E-state index is 0.00871. The van der Waals surface area contributed by atoms with Gasteiger partial charge in [0.15, 0.2) is 5.78 Å². The molecule has 0 bridgehead atoms. The lowest BCUT2D eigenvalue weighted by molar-refractivity contribution is -0.384. The molecule has 2 saturated heterocycles. The Hall–Kier alpha value is -2.48. The summed E-state index contributed by atoms with van der Waals surface area (Å²) in [5, 5.41) is 10.6. The van der Waals surface area contributed by atoms with Crippen LogP contribution in [0.5, 0.6) is 5.75 Å². The van der Waals surface area contributed by atoms with Crippen molar-refractivity contribution in [3.05, 3.63) is 34.4 Å². The van der Waals surface area contributed by atoms with Gasteiger partial charge in [-0.05, 0) is 18.6 Å². The zero-order valence-electron chi connectivity index (χ0n) is 12.3. The normalized spacial score (nSPS) is 24.0. The van der Waals surface area contributed by atoms with E-state index in [4.69, 9.17) is 9.47 Å². The summed E-state index contributed by atoms with van der Waals surface area (Å²) in [4.78, 5) is 35.3. The van der Waals surface area contributed by atoms with E-state index in [9.17, 15) is 19.7 Å². The number of benzene rings is 1. The van der Waals surface area contributed by atoms with E-state index in [0.717, 1.165) is 0 Å². The van der Waals surface area contributed by atoms with Crippen molar-refractivity contribution in [1.82, 2.24) is 4.90 Å². The summed E-state index contributed by atoms with van der Waals surface area (Å²) in [6.45, 7) is 1.08. The van der Waals surface area contributed by atoms with Crippen LogP contribution in [-0.4, -0.2) is 47.5 Å². The number of amides is 1. The number of carbonyl (C=O) groups is 2. The van der Waals surface area contributed by atoms with Gasteiger partial charge in [-0.25, -0.2) is 4.79 Å². The van der Waals surface area contributed by atoms with Gasteiger partial charge in [0.2, 0.25) is 0 Å². The predicted octanol–water partition coefficient (Wildman–Crippen LogP) is 1.77. The average Bonchev–Trinajstić information content (AvgIpc) is 2.54. The first-order chi connectivity index (χ1) is 11.0. The molecule has 2 fully saturated rings. The van der Waals surface area contributed by atoms with Gasteiger partial charge in [-0.15, -0.1) is 0 Å². The Kier molecular flexibility index (Phi) is 4.24. The highest BCUT2D eigenvalue weighted by Gasteiger charge is 2.37. The Morgan fingerprint density at radius 2 is 2.09 bits per heavy atom. The molecule has 0 unspecified atom stereocenters. The molecule has 8 heteroatoms. The lowest BCUT2D eigenvalue weighted by Crippen LogP contribution is -2.50. The number of piperidine rings is 1. The van der Waals surface area contributed by atoms with Gasteiger partial charge in [-0.1, -0.05) is 0 Å². The molecule has 0 aliphatic carbocycles. The molecule has 0 radical (unpaired) electrons. The Labute approximate surface area is 132 Å². The van der Waals surface area contributed by atoms with Crippen LogP contribution in [0.4, 0.5) is 10.5 Å². The molecule has 1 aromatic rings. The second-order valence-electron chi connectivity index (χ2n) is 5.71. The number of non-ortho nitro benzene ring substituents is 1. The monoisotopic (exact) mass is 320 g/mol. The number of rotatable bonds is 2. The fourth-order valence-corrected chi connectivity index (χ4v) is 2.94. The van der Waals surface area contributed by atoms with E-state index in [1.165, 1.54) is 24.3 Å². The summed E-state index contributed by atoms with van der Waals surface area (Å²) in [7, 11) is 0. The van der Waals surface area contributed by atoms with Crippen LogP contribution < -0.4 is 4.74 Å². The summed E-state index contributed by atoms with van der Waals surface area (Å²) in [5.74, 6) is 0.310. The maximum absolute atomic E-state index is 12.2. The number of hydrogen-bond acceptors (Lipinski definition) is 6. The molecule has 2 heterocycles. The molecule has 2 atom stereocenters. The molecule has 0 saturated carbocycles. The first-order valence-electron chi connectivity index (χ1n) is 7.37. The van der Waals surface area contributed by atoms with Gasteiger partial charge in [-0.2, -0.15) is 0 Å². The molecule has 0 aromatic heterocycles. The van der Waals surface area contributed by atoms with Crippen LogP contribution in [0.3, 0.4) is 0 Å². The zero-order valence-corrected chi connectivity index (χ0v) is 12.3. The largest absolute Gasteiger partial charge is 0.415 e. The number of nitro groups is 1. The summed E-state index contributed by atoms with van der Waals surface area (Å²) in [6.07, 6.45) is 0.602. The van der Waals surface area contributed by atoms with E-state index < -0.39 is 11.0 Å².